The number of ether oxygens (including phenoxy) is 1. The van der Waals surface area contributed by atoms with Crippen LogP contribution in [0.3, 0.4) is 0 Å². The highest BCUT2D eigenvalue weighted by Crippen LogP contribution is 2.40. The zero-order valence-electron chi connectivity index (χ0n) is 11.8. The van der Waals surface area contributed by atoms with Crippen molar-refractivity contribution in [2.75, 3.05) is 0 Å². The quantitative estimate of drug-likeness (QED) is 0.576. The van der Waals surface area contributed by atoms with Crippen LogP contribution in [0.25, 0.3) is 22.0 Å². The molecule has 0 saturated heterocycles. The molecule has 3 aromatic rings. The summed E-state index contributed by atoms with van der Waals surface area (Å²) in [5, 5.41) is 1.08. The number of nitrogens with one attached hydrogen (secondary N) is 1. The summed E-state index contributed by atoms with van der Waals surface area (Å²) in [6, 6.07) is 16.4. The van der Waals surface area contributed by atoms with Gasteiger partial charge in [-0.15, -0.1) is 0 Å². The van der Waals surface area contributed by atoms with Gasteiger partial charge in [-0.3, -0.25) is 0 Å². The highest BCUT2D eigenvalue weighted by molar-refractivity contribution is 6.48. The van der Waals surface area contributed by atoms with E-state index in [0.29, 0.717) is 16.3 Å². The molecular formula is C18H10ClNO3. The van der Waals surface area contributed by atoms with E-state index in [9.17, 15) is 9.59 Å². The van der Waals surface area contributed by atoms with Crippen molar-refractivity contribution >= 4 is 45.6 Å². The number of benzene rings is 2. The van der Waals surface area contributed by atoms with Crippen molar-refractivity contribution in [2.45, 2.75) is 0 Å². The number of aromatic nitrogens is 1. The average molecular weight is 324 g/mol. The number of cyclic esters (lactones) is 2. The topological polar surface area (TPSA) is 59.2 Å². The largest absolute Gasteiger partial charge is 0.386 e. The number of para-hydroxylation sites is 1. The Balaban J connectivity index is 2.07. The van der Waals surface area contributed by atoms with Gasteiger partial charge in [-0.2, -0.15) is 0 Å². The van der Waals surface area contributed by atoms with Crippen LogP contribution >= 0.6 is 11.6 Å². The Bertz CT molecular complexity index is 986. The molecule has 0 saturated carbocycles. The second-order valence-corrected chi connectivity index (χ2v) is 5.53. The van der Waals surface area contributed by atoms with Gasteiger partial charge in [0.05, 0.1) is 11.1 Å². The van der Waals surface area contributed by atoms with E-state index in [-0.39, 0.29) is 11.1 Å². The summed E-state index contributed by atoms with van der Waals surface area (Å²) in [6.45, 7) is 0. The first-order valence-corrected chi connectivity index (χ1v) is 7.37. The Kier molecular flexibility index (Phi) is 3.06. The van der Waals surface area contributed by atoms with Gasteiger partial charge < -0.3 is 9.72 Å². The fraction of sp³-hybridized carbons (Fsp3) is 0. The van der Waals surface area contributed by atoms with Crippen LogP contribution in [0.2, 0.25) is 5.15 Å². The second kappa shape index (κ2) is 5.11. The van der Waals surface area contributed by atoms with Gasteiger partial charge in [-0.1, -0.05) is 60.1 Å². The summed E-state index contributed by atoms with van der Waals surface area (Å²) in [5.41, 5.74) is 2.35. The van der Waals surface area contributed by atoms with Gasteiger partial charge in [0.1, 0.15) is 5.15 Å². The van der Waals surface area contributed by atoms with Gasteiger partial charge >= 0.3 is 11.9 Å². The van der Waals surface area contributed by atoms with Crippen molar-refractivity contribution < 1.29 is 14.3 Å². The molecule has 23 heavy (non-hydrogen) atoms. The van der Waals surface area contributed by atoms with Crippen LogP contribution < -0.4 is 0 Å². The maximum Gasteiger partial charge on any atom is 0.347 e. The van der Waals surface area contributed by atoms with E-state index in [2.05, 4.69) is 4.98 Å². The first-order chi connectivity index (χ1) is 11.2. The summed E-state index contributed by atoms with van der Waals surface area (Å²) >= 11 is 6.30. The third-order valence-electron chi connectivity index (χ3n) is 3.82. The first kappa shape index (κ1) is 13.8. The second-order valence-electron chi connectivity index (χ2n) is 5.15. The molecule has 0 fully saturated rings. The van der Waals surface area contributed by atoms with Gasteiger partial charge in [0.15, 0.2) is 0 Å². The van der Waals surface area contributed by atoms with Crippen molar-refractivity contribution in [2.24, 2.45) is 0 Å². The molecule has 1 N–H and O–H groups in total. The number of carbonyl (C=O) groups is 2. The third kappa shape index (κ3) is 2.07. The van der Waals surface area contributed by atoms with Crippen LogP contribution in [0, 0.1) is 0 Å². The molecule has 1 aliphatic heterocycles. The molecule has 4 nitrogen and oxygen atoms in total. The zero-order chi connectivity index (χ0) is 16.0. The van der Waals surface area contributed by atoms with Crippen LogP contribution in [0.5, 0.6) is 0 Å². The predicted octanol–water partition coefficient (Wildman–Crippen LogP) is 3.82. The minimum atomic E-state index is -0.680. The minimum Gasteiger partial charge on any atom is -0.386 e. The van der Waals surface area contributed by atoms with Crippen LogP contribution in [0.4, 0.5) is 0 Å². The SMILES string of the molecule is O=C1OC(=O)C(c2c(Cl)[nH]c3ccccc23)=C1c1ccccc1. The molecule has 2 heterocycles. The van der Waals surface area contributed by atoms with Crippen LogP contribution in [-0.4, -0.2) is 16.9 Å². The Morgan fingerprint density at radius 2 is 1.48 bits per heavy atom. The summed E-state index contributed by atoms with van der Waals surface area (Å²) in [4.78, 5) is 27.5. The fourth-order valence-corrected chi connectivity index (χ4v) is 3.14. The first-order valence-electron chi connectivity index (χ1n) is 6.99. The summed E-state index contributed by atoms with van der Waals surface area (Å²) < 4.78 is 4.84. The molecule has 0 spiro atoms. The molecule has 4 rings (SSSR count). The lowest BCUT2D eigenvalue weighted by atomic mass is 9.96. The predicted molar refractivity (Wildman–Crippen MR) is 87.7 cm³/mol. The maximum absolute atomic E-state index is 12.3. The van der Waals surface area contributed by atoms with Crippen LogP contribution in [-0.2, 0) is 14.3 Å². The number of aromatic amines is 1. The van der Waals surface area contributed by atoms with Crippen molar-refractivity contribution in [3.63, 3.8) is 0 Å². The number of rotatable bonds is 2. The number of halogens is 1. The number of H-pyrrole nitrogens is 1. The smallest absolute Gasteiger partial charge is 0.347 e. The normalized spacial score (nSPS) is 14.7. The number of fused-ring (bicyclic) bond motifs is 1. The molecular weight excluding hydrogens is 314 g/mol. The van der Waals surface area contributed by atoms with Crippen LogP contribution in [0.15, 0.2) is 54.6 Å². The van der Waals surface area contributed by atoms with E-state index in [1.54, 1.807) is 24.3 Å². The molecule has 5 heteroatoms. The highest BCUT2D eigenvalue weighted by atomic mass is 35.5. The third-order valence-corrected chi connectivity index (χ3v) is 4.10. The zero-order valence-corrected chi connectivity index (χ0v) is 12.6. The average Bonchev–Trinajstić information content (AvgIpc) is 3.03. The lowest BCUT2D eigenvalue weighted by Gasteiger charge is -2.03. The number of hydrogen-bond donors (Lipinski definition) is 1. The maximum atomic E-state index is 12.3. The Hall–Kier alpha value is -2.85. The molecule has 1 aliphatic rings. The molecule has 2 aromatic carbocycles. The summed E-state index contributed by atoms with van der Waals surface area (Å²) in [7, 11) is 0. The van der Waals surface area contributed by atoms with E-state index in [4.69, 9.17) is 16.3 Å². The monoisotopic (exact) mass is 323 g/mol. The van der Waals surface area contributed by atoms with Crippen LogP contribution in [0.1, 0.15) is 11.1 Å². The molecule has 0 aliphatic carbocycles. The number of carbonyl (C=O) groups excluding carboxylic acids is 2. The minimum absolute atomic E-state index is 0.198. The lowest BCUT2D eigenvalue weighted by molar-refractivity contribution is -0.149. The van der Waals surface area contributed by atoms with Gasteiger partial charge in [0.2, 0.25) is 0 Å². The molecule has 0 unspecified atom stereocenters. The van der Waals surface area contributed by atoms with Gasteiger partial charge in [-0.05, 0) is 11.6 Å². The fourth-order valence-electron chi connectivity index (χ4n) is 2.84. The number of esters is 2. The molecule has 112 valence electrons. The molecule has 1 aromatic heterocycles. The molecule has 0 radical (unpaired) electrons. The lowest BCUT2D eigenvalue weighted by Crippen LogP contribution is -2.02. The Morgan fingerprint density at radius 1 is 0.826 bits per heavy atom. The van der Waals surface area contributed by atoms with Gasteiger partial charge in [-0.25, -0.2) is 9.59 Å². The summed E-state index contributed by atoms with van der Waals surface area (Å²) in [6.07, 6.45) is 0. The van der Waals surface area contributed by atoms with Crippen molar-refractivity contribution in [1.29, 1.82) is 0 Å². The van der Waals surface area contributed by atoms with Gasteiger partial charge in [0, 0.05) is 16.5 Å². The van der Waals surface area contributed by atoms with E-state index in [1.165, 1.54) is 0 Å². The summed E-state index contributed by atoms with van der Waals surface area (Å²) in [5.74, 6) is -1.34. The molecule has 0 atom stereocenters. The number of hydrogen-bond acceptors (Lipinski definition) is 3. The van der Waals surface area contributed by atoms with E-state index in [1.807, 2.05) is 30.3 Å². The van der Waals surface area contributed by atoms with Crippen molar-refractivity contribution in [1.82, 2.24) is 4.98 Å². The van der Waals surface area contributed by atoms with Crippen molar-refractivity contribution in [3.05, 3.63) is 70.9 Å². The van der Waals surface area contributed by atoms with Gasteiger partial charge in [0.25, 0.3) is 0 Å². The molecule has 0 amide bonds. The Labute approximate surface area is 136 Å². The molecule has 0 bridgehead atoms. The van der Waals surface area contributed by atoms with E-state index >= 15 is 0 Å². The van der Waals surface area contributed by atoms with E-state index in [0.717, 1.165) is 10.9 Å². The van der Waals surface area contributed by atoms with E-state index < -0.39 is 11.9 Å². The highest BCUT2D eigenvalue weighted by Gasteiger charge is 2.37. The Morgan fingerprint density at radius 3 is 2.26 bits per heavy atom. The standard InChI is InChI=1S/C18H10ClNO3/c19-16-14(11-8-4-5-9-12(11)20-16)15-13(17(21)23-18(15)22)10-6-2-1-3-7-10/h1-9,20H. The van der Waals surface area contributed by atoms with Crippen molar-refractivity contribution in [3.8, 4) is 0 Å².